The van der Waals surface area contributed by atoms with Gasteiger partial charge in [-0.3, -0.25) is 0 Å². The van der Waals surface area contributed by atoms with E-state index in [9.17, 15) is 0 Å². The maximum atomic E-state index is 2.57. The van der Waals surface area contributed by atoms with E-state index in [1.165, 1.54) is 161 Å². The van der Waals surface area contributed by atoms with Crippen LogP contribution in [0.3, 0.4) is 0 Å². The zero-order valence-electron chi connectivity index (χ0n) is 41.2. The Bertz CT molecular complexity index is 4850. The molecular weight excluding hydrogens is 953 g/mol. The fourth-order valence-corrected chi connectivity index (χ4v) is 15.3. The Kier molecular flexibility index (Phi) is 9.78. The number of thiophene rings is 2. The molecule has 0 saturated carbocycles. The van der Waals surface area contributed by atoms with Crippen molar-refractivity contribution in [1.29, 1.82) is 0 Å². The fourth-order valence-electron chi connectivity index (χ4n) is 12.8. The minimum absolute atomic E-state index is 1.20. The van der Waals surface area contributed by atoms with Crippen LogP contribution in [0.1, 0.15) is 0 Å². The van der Waals surface area contributed by atoms with Gasteiger partial charge in [-0.25, -0.2) is 0 Å². The topological polar surface area (TPSA) is 0 Å². The van der Waals surface area contributed by atoms with Crippen LogP contribution >= 0.6 is 22.7 Å². The number of benzene rings is 14. The van der Waals surface area contributed by atoms with Crippen molar-refractivity contribution in [3.8, 4) is 66.8 Å². The van der Waals surface area contributed by atoms with Gasteiger partial charge in [0.1, 0.15) is 0 Å². The summed E-state index contributed by atoms with van der Waals surface area (Å²) in [7, 11) is 0. The number of hydrogen-bond donors (Lipinski definition) is 0. The molecular formula is C74H44S2. The molecule has 2 aromatic heterocycles. The smallest absolute Gasteiger partial charge is 0.0440 e. The number of fused-ring (bicyclic) bond motifs is 13. The Morgan fingerprint density at radius 3 is 0.868 bits per heavy atom. The summed E-state index contributed by atoms with van der Waals surface area (Å²) in [6.45, 7) is 0. The fraction of sp³-hybridized carbons (Fsp3) is 0. The molecule has 352 valence electrons. The first-order valence-corrected chi connectivity index (χ1v) is 27.8. The molecule has 16 rings (SSSR count). The van der Waals surface area contributed by atoms with Crippen molar-refractivity contribution in [3.05, 3.63) is 267 Å². The van der Waals surface area contributed by atoms with Crippen molar-refractivity contribution in [2.45, 2.75) is 0 Å². The molecule has 0 spiro atoms. The number of rotatable bonds is 6. The van der Waals surface area contributed by atoms with E-state index in [1.54, 1.807) is 0 Å². The quantitative estimate of drug-likeness (QED) is 0.146. The van der Waals surface area contributed by atoms with Crippen molar-refractivity contribution in [2.75, 3.05) is 0 Å². The van der Waals surface area contributed by atoms with E-state index in [0.717, 1.165) is 0 Å². The molecule has 0 aliphatic carbocycles. The van der Waals surface area contributed by atoms with Gasteiger partial charge in [0.2, 0.25) is 0 Å². The molecule has 2 heteroatoms. The van der Waals surface area contributed by atoms with Gasteiger partial charge in [0.15, 0.2) is 0 Å². The Balaban J connectivity index is 1.05. The first-order chi connectivity index (χ1) is 37.7. The molecule has 0 fully saturated rings. The first-order valence-electron chi connectivity index (χ1n) is 26.1. The second-order valence-electron chi connectivity index (χ2n) is 20.1. The highest BCUT2D eigenvalue weighted by atomic mass is 32.1. The summed E-state index contributed by atoms with van der Waals surface area (Å²) in [6, 6.07) is 99.8. The summed E-state index contributed by atoms with van der Waals surface area (Å²) in [6.07, 6.45) is 0. The van der Waals surface area contributed by atoms with Crippen LogP contribution in [0.5, 0.6) is 0 Å². The maximum Gasteiger partial charge on any atom is 0.0440 e. The highest BCUT2D eigenvalue weighted by Gasteiger charge is 2.26. The summed E-state index contributed by atoms with van der Waals surface area (Å²) < 4.78 is 5.25. The molecule has 0 atom stereocenters. The summed E-state index contributed by atoms with van der Waals surface area (Å²) in [5.74, 6) is 0. The molecule has 2 heterocycles. The maximum absolute atomic E-state index is 2.57. The second-order valence-corrected chi connectivity index (χ2v) is 22.2. The average molecular weight is 997 g/mol. The summed E-state index contributed by atoms with van der Waals surface area (Å²) in [4.78, 5) is 0. The molecule has 0 saturated heterocycles. The van der Waals surface area contributed by atoms with Crippen LogP contribution in [0, 0.1) is 0 Å². The van der Waals surface area contributed by atoms with E-state index in [0.29, 0.717) is 0 Å². The van der Waals surface area contributed by atoms with Crippen molar-refractivity contribution < 1.29 is 0 Å². The van der Waals surface area contributed by atoms with E-state index < -0.39 is 0 Å². The van der Waals surface area contributed by atoms with Crippen molar-refractivity contribution in [3.63, 3.8) is 0 Å². The highest BCUT2D eigenvalue weighted by molar-refractivity contribution is 7.27. The number of hydrogen-bond acceptors (Lipinski definition) is 2. The van der Waals surface area contributed by atoms with E-state index in [2.05, 4.69) is 267 Å². The molecule has 14 aromatic carbocycles. The third kappa shape index (κ3) is 6.55. The summed E-state index contributed by atoms with van der Waals surface area (Å²) >= 11 is 3.88. The van der Waals surface area contributed by atoms with Crippen molar-refractivity contribution in [2.24, 2.45) is 0 Å². The Morgan fingerprint density at radius 1 is 0.197 bits per heavy atom. The zero-order chi connectivity index (χ0) is 49.8. The molecule has 0 radical (unpaired) electrons. The van der Waals surface area contributed by atoms with Gasteiger partial charge in [0.05, 0.1) is 0 Å². The average Bonchev–Trinajstić information content (AvgIpc) is 4.18. The van der Waals surface area contributed by atoms with E-state index in [1.807, 2.05) is 22.7 Å². The molecule has 16 aromatic rings. The lowest BCUT2D eigenvalue weighted by Crippen LogP contribution is -1.93. The van der Waals surface area contributed by atoms with Gasteiger partial charge in [-0.2, -0.15) is 0 Å². The van der Waals surface area contributed by atoms with Crippen molar-refractivity contribution in [1.82, 2.24) is 0 Å². The van der Waals surface area contributed by atoms with Gasteiger partial charge in [-0.05, 0) is 147 Å². The Labute approximate surface area is 447 Å². The van der Waals surface area contributed by atoms with Gasteiger partial charge < -0.3 is 0 Å². The predicted octanol–water partition coefficient (Wildman–Crippen LogP) is 22.2. The van der Waals surface area contributed by atoms with Crippen LogP contribution in [0.15, 0.2) is 267 Å². The zero-order valence-corrected chi connectivity index (χ0v) is 42.9. The molecule has 0 unspecified atom stereocenters. The van der Waals surface area contributed by atoms with Crippen LogP contribution < -0.4 is 0 Å². The van der Waals surface area contributed by atoms with E-state index in [-0.39, 0.29) is 0 Å². The van der Waals surface area contributed by atoms with Gasteiger partial charge in [0.25, 0.3) is 0 Å². The minimum atomic E-state index is 1.20. The van der Waals surface area contributed by atoms with Crippen LogP contribution in [0.4, 0.5) is 0 Å². The molecule has 0 nitrogen and oxygen atoms in total. The van der Waals surface area contributed by atoms with Gasteiger partial charge in [0, 0.05) is 56.9 Å². The molecule has 76 heavy (non-hydrogen) atoms. The van der Waals surface area contributed by atoms with Crippen LogP contribution in [0.25, 0.3) is 161 Å². The van der Waals surface area contributed by atoms with Gasteiger partial charge in [-0.15, -0.1) is 22.7 Å². The van der Waals surface area contributed by atoms with E-state index >= 15 is 0 Å². The molecule has 0 amide bonds. The normalized spacial score (nSPS) is 11.9. The van der Waals surface area contributed by atoms with Crippen LogP contribution in [0.2, 0.25) is 0 Å². The van der Waals surface area contributed by atoms with Gasteiger partial charge in [-0.1, -0.05) is 224 Å². The molecule has 0 bridgehead atoms. The summed E-state index contributed by atoms with van der Waals surface area (Å²) in [5, 5.41) is 17.9. The molecule has 0 aliphatic rings. The lowest BCUT2D eigenvalue weighted by molar-refractivity contribution is 1.58. The van der Waals surface area contributed by atoms with Crippen molar-refractivity contribution >= 4 is 117 Å². The summed E-state index contributed by atoms with van der Waals surface area (Å²) in [5.41, 5.74) is 14.9. The second kappa shape index (κ2) is 17.2. The third-order valence-corrected chi connectivity index (χ3v) is 18.4. The lowest BCUT2D eigenvalue weighted by Gasteiger charge is -2.21. The Hall–Kier alpha value is -9.18. The molecule has 0 aliphatic heterocycles. The standard InChI is InChI=1S/C74H44S2/c1-4-22-45(23-5-1)48-40-49(46-24-6-2-7-25-46)42-50(41-48)67-54-30-12-16-34-58(54)70(59-35-17-13-31-55(59)67)63-44-51-43-62(69-56-32-14-10-28-52(56)66(47-26-8-3-9-27-47)53-29-11-15-33-57(53)69)73-71(60-36-18-20-38-64(60)75-73)68(51)72-61-37-19-21-39-65(61)76-74(63)72/h1-44H. The van der Waals surface area contributed by atoms with Crippen LogP contribution in [-0.4, -0.2) is 0 Å². The third-order valence-electron chi connectivity index (χ3n) is 16.0. The predicted molar refractivity (Wildman–Crippen MR) is 332 cm³/mol. The first kappa shape index (κ1) is 43.2. The molecule has 0 N–H and O–H groups in total. The minimum Gasteiger partial charge on any atom is -0.135 e. The Morgan fingerprint density at radius 2 is 0.487 bits per heavy atom. The largest absolute Gasteiger partial charge is 0.135 e. The van der Waals surface area contributed by atoms with Crippen LogP contribution in [-0.2, 0) is 0 Å². The monoisotopic (exact) mass is 996 g/mol. The SMILES string of the molecule is c1ccc(-c2cc(-c3ccccc3)cc(-c3c4ccccc4c(-c4cc5cc(-c6c7ccccc7c(-c7ccccc7)c7ccccc67)c6sc7ccccc7c6c5c5c4sc4ccccc45)c4ccccc34)c2)cc1. The lowest BCUT2D eigenvalue weighted by atomic mass is 9.82. The highest BCUT2D eigenvalue weighted by Crippen LogP contribution is 2.55. The van der Waals surface area contributed by atoms with E-state index in [4.69, 9.17) is 0 Å². The van der Waals surface area contributed by atoms with Gasteiger partial charge >= 0.3 is 0 Å².